The third-order valence-corrected chi connectivity index (χ3v) is 3.95. The number of carbonyl (C=O) groups is 1. The maximum atomic E-state index is 10.9. The molecule has 1 atom stereocenters. The molecule has 0 bridgehead atoms. The second-order valence-corrected chi connectivity index (χ2v) is 5.09. The van der Waals surface area contributed by atoms with Gasteiger partial charge in [-0.25, -0.2) is 0 Å². The van der Waals surface area contributed by atoms with E-state index in [0.717, 1.165) is 12.2 Å². The molecule has 0 aromatic carbocycles. The lowest BCUT2D eigenvalue weighted by Gasteiger charge is -2.32. The first-order valence-electron chi connectivity index (χ1n) is 4.36. The van der Waals surface area contributed by atoms with Gasteiger partial charge in [0, 0.05) is 0 Å². The second kappa shape index (κ2) is 3.69. The van der Waals surface area contributed by atoms with E-state index in [9.17, 15) is 4.79 Å². The van der Waals surface area contributed by atoms with Gasteiger partial charge in [0.2, 0.25) is 0 Å². The van der Waals surface area contributed by atoms with Crippen molar-refractivity contribution in [3.05, 3.63) is 0 Å². The summed E-state index contributed by atoms with van der Waals surface area (Å²) in [5.74, 6) is 1.91. The van der Waals surface area contributed by atoms with Crippen LogP contribution in [0, 0.1) is 11.3 Å². The van der Waals surface area contributed by atoms with Crippen molar-refractivity contribution in [3.63, 3.8) is 0 Å². The molecule has 1 N–H and O–H groups in total. The lowest BCUT2D eigenvalue weighted by atomic mass is 9.77. The second-order valence-electron chi connectivity index (χ2n) is 3.94. The summed E-state index contributed by atoms with van der Waals surface area (Å²) in [4.78, 5) is 10.9. The average molecular weight is 188 g/mol. The number of carboxylic acids is 1. The lowest BCUT2D eigenvalue weighted by molar-refractivity contribution is -0.149. The smallest absolute Gasteiger partial charge is 0.309 e. The third-order valence-electron chi connectivity index (χ3n) is 2.73. The van der Waals surface area contributed by atoms with Gasteiger partial charge in [-0.3, -0.25) is 4.79 Å². The zero-order valence-electron chi connectivity index (χ0n) is 7.67. The zero-order chi connectivity index (χ0) is 9.19. The van der Waals surface area contributed by atoms with Crippen molar-refractivity contribution in [2.75, 3.05) is 11.5 Å². The highest BCUT2D eigenvalue weighted by Crippen LogP contribution is 2.36. The van der Waals surface area contributed by atoms with Gasteiger partial charge in [-0.05, 0) is 44.1 Å². The van der Waals surface area contributed by atoms with Crippen LogP contribution in [0.4, 0.5) is 0 Å². The molecule has 3 heteroatoms. The number of hydrogen-bond donors (Lipinski definition) is 1. The molecule has 1 aliphatic rings. The molecule has 0 radical (unpaired) electrons. The molecule has 12 heavy (non-hydrogen) atoms. The van der Waals surface area contributed by atoms with Crippen molar-refractivity contribution in [2.45, 2.75) is 26.7 Å². The van der Waals surface area contributed by atoms with E-state index in [0.29, 0.717) is 5.92 Å². The Morgan fingerprint density at radius 3 is 2.67 bits per heavy atom. The van der Waals surface area contributed by atoms with Crippen LogP contribution < -0.4 is 0 Å². The van der Waals surface area contributed by atoms with Crippen LogP contribution in [0.1, 0.15) is 26.7 Å². The Kier molecular flexibility index (Phi) is 3.04. The minimum Gasteiger partial charge on any atom is -0.481 e. The first kappa shape index (κ1) is 9.90. The Morgan fingerprint density at radius 2 is 2.25 bits per heavy atom. The Bertz CT molecular complexity index is 171. The average Bonchev–Trinajstić information content (AvgIpc) is 2.06. The van der Waals surface area contributed by atoms with Gasteiger partial charge >= 0.3 is 5.97 Å². The van der Waals surface area contributed by atoms with Gasteiger partial charge < -0.3 is 5.11 Å². The SMILES string of the molecule is CC(C)(C(=O)O)C1CCCSC1. The van der Waals surface area contributed by atoms with Crippen LogP contribution in [-0.2, 0) is 4.79 Å². The van der Waals surface area contributed by atoms with Crippen LogP contribution in [0.5, 0.6) is 0 Å². The lowest BCUT2D eigenvalue weighted by Crippen LogP contribution is -2.35. The normalized spacial score (nSPS) is 25.3. The van der Waals surface area contributed by atoms with Gasteiger partial charge in [0.1, 0.15) is 0 Å². The summed E-state index contributed by atoms with van der Waals surface area (Å²) in [5.41, 5.74) is -0.534. The zero-order valence-corrected chi connectivity index (χ0v) is 8.49. The predicted octanol–water partition coefficient (Wildman–Crippen LogP) is 2.24. The van der Waals surface area contributed by atoms with Crippen molar-refractivity contribution in [1.82, 2.24) is 0 Å². The molecule has 0 aromatic heterocycles. The van der Waals surface area contributed by atoms with Crippen LogP contribution in [0.2, 0.25) is 0 Å². The van der Waals surface area contributed by atoms with Crippen molar-refractivity contribution in [1.29, 1.82) is 0 Å². The fourth-order valence-electron chi connectivity index (χ4n) is 1.48. The van der Waals surface area contributed by atoms with Gasteiger partial charge in [0.15, 0.2) is 0 Å². The molecular formula is C9H16O2S. The molecule has 1 saturated heterocycles. The summed E-state index contributed by atoms with van der Waals surface area (Å²) < 4.78 is 0. The Hall–Kier alpha value is -0.180. The number of rotatable bonds is 2. The highest BCUT2D eigenvalue weighted by Gasteiger charge is 2.37. The van der Waals surface area contributed by atoms with Crippen LogP contribution in [0.15, 0.2) is 0 Å². The highest BCUT2D eigenvalue weighted by atomic mass is 32.2. The molecule has 1 heterocycles. The van der Waals surface area contributed by atoms with Gasteiger partial charge in [-0.15, -0.1) is 0 Å². The molecular weight excluding hydrogens is 172 g/mol. The van der Waals surface area contributed by atoms with E-state index in [1.54, 1.807) is 0 Å². The van der Waals surface area contributed by atoms with E-state index >= 15 is 0 Å². The third kappa shape index (κ3) is 1.94. The summed E-state index contributed by atoms with van der Waals surface area (Å²) in [5, 5.41) is 8.98. The number of thioether (sulfide) groups is 1. The fraction of sp³-hybridized carbons (Fsp3) is 0.889. The van der Waals surface area contributed by atoms with E-state index in [2.05, 4.69) is 0 Å². The molecule has 0 aromatic rings. The summed E-state index contributed by atoms with van der Waals surface area (Å²) in [6, 6.07) is 0. The molecule has 0 aliphatic carbocycles. The minimum absolute atomic E-state index is 0.355. The van der Waals surface area contributed by atoms with Crippen molar-refractivity contribution >= 4 is 17.7 Å². The molecule has 1 rings (SSSR count). The Labute approximate surface area is 77.7 Å². The summed E-state index contributed by atoms with van der Waals surface area (Å²) in [7, 11) is 0. The van der Waals surface area contributed by atoms with E-state index in [4.69, 9.17) is 5.11 Å². The summed E-state index contributed by atoms with van der Waals surface area (Å²) in [6.45, 7) is 3.68. The van der Waals surface area contributed by atoms with Gasteiger partial charge in [0.05, 0.1) is 5.41 Å². The maximum Gasteiger partial charge on any atom is 0.309 e. The molecule has 0 amide bonds. The maximum absolute atomic E-state index is 10.9. The quantitative estimate of drug-likeness (QED) is 0.722. The molecule has 1 aliphatic heterocycles. The van der Waals surface area contributed by atoms with Crippen LogP contribution in [-0.4, -0.2) is 22.6 Å². The Morgan fingerprint density at radius 1 is 1.58 bits per heavy atom. The van der Waals surface area contributed by atoms with E-state index in [1.807, 2.05) is 25.6 Å². The fourth-order valence-corrected chi connectivity index (χ4v) is 2.89. The van der Waals surface area contributed by atoms with Gasteiger partial charge in [-0.1, -0.05) is 0 Å². The molecule has 70 valence electrons. The van der Waals surface area contributed by atoms with Crippen molar-refractivity contribution in [2.24, 2.45) is 11.3 Å². The van der Waals surface area contributed by atoms with Gasteiger partial charge in [0.25, 0.3) is 0 Å². The molecule has 0 spiro atoms. The first-order valence-corrected chi connectivity index (χ1v) is 5.51. The first-order chi connectivity index (χ1) is 5.55. The van der Waals surface area contributed by atoms with Crippen LogP contribution in [0.25, 0.3) is 0 Å². The summed E-state index contributed by atoms with van der Waals surface area (Å²) in [6.07, 6.45) is 2.25. The molecule has 2 nitrogen and oxygen atoms in total. The number of carboxylic acid groups (broad SMARTS) is 1. The van der Waals surface area contributed by atoms with Crippen LogP contribution in [0.3, 0.4) is 0 Å². The molecule has 1 fully saturated rings. The van der Waals surface area contributed by atoms with Crippen LogP contribution >= 0.6 is 11.8 Å². The molecule has 1 unspecified atom stereocenters. The predicted molar refractivity (Wildman–Crippen MR) is 51.5 cm³/mol. The van der Waals surface area contributed by atoms with E-state index in [-0.39, 0.29) is 0 Å². The van der Waals surface area contributed by atoms with Crippen molar-refractivity contribution < 1.29 is 9.90 Å². The van der Waals surface area contributed by atoms with Crippen molar-refractivity contribution in [3.8, 4) is 0 Å². The largest absolute Gasteiger partial charge is 0.481 e. The topological polar surface area (TPSA) is 37.3 Å². The number of aliphatic carboxylic acids is 1. The van der Waals surface area contributed by atoms with E-state index in [1.165, 1.54) is 12.2 Å². The molecule has 0 saturated carbocycles. The standard InChI is InChI=1S/C9H16O2S/c1-9(2,8(10)11)7-4-3-5-12-6-7/h7H,3-6H2,1-2H3,(H,10,11). The minimum atomic E-state index is -0.657. The number of hydrogen-bond acceptors (Lipinski definition) is 2. The van der Waals surface area contributed by atoms with E-state index < -0.39 is 11.4 Å². The highest BCUT2D eigenvalue weighted by molar-refractivity contribution is 7.99. The monoisotopic (exact) mass is 188 g/mol. The van der Waals surface area contributed by atoms with Gasteiger partial charge in [-0.2, -0.15) is 11.8 Å². The Balaban J connectivity index is 2.59. The summed E-state index contributed by atoms with van der Waals surface area (Å²) >= 11 is 1.88.